The van der Waals surface area contributed by atoms with Crippen LogP contribution in [0.3, 0.4) is 0 Å². The van der Waals surface area contributed by atoms with Gasteiger partial charge in [-0.25, -0.2) is 0 Å². The fourth-order valence-corrected chi connectivity index (χ4v) is 3.77. The number of ether oxygens (including phenoxy) is 4. The van der Waals surface area contributed by atoms with Crippen LogP contribution in [0.4, 0.5) is 0 Å². The Morgan fingerprint density at radius 2 is 1.61 bits per heavy atom. The maximum absolute atomic E-state index is 9.67. The van der Waals surface area contributed by atoms with E-state index in [1.165, 1.54) is 0 Å². The van der Waals surface area contributed by atoms with Crippen molar-refractivity contribution in [3.63, 3.8) is 0 Å². The molecule has 0 amide bonds. The molecule has 3 N–H and O–H groups in total. The number of likely N-dealkylation sites (N-methyl/N-ethyl adjacent to an activating group) is 1. The monoisotopic (exact) mass is 333 g/mol. The van der Waals surface area contributed by atoms with Gasteiger partial charge < -0.3 is 34.5 Å². The van der Waals surface area contributed by atoms with Crippen molar-refractivity contribution >= 4 is 0 Å². The van der Waals surface area contributed by atoms with Crippen molar-refractivity contribution in [2.24, 2.45) is 11.8 Å². The number of hydrogen-bond acceptors (Lipinski definition) is 7. The lowest BCUT2D eigenvalue weighted by molar-refractivity contribution is -0.293. The van der Waals surface area contributed by atoms with Crippen molar-refractivity contribution in [2.75, 3.05) is 27.4 Å². The SMILES string of the molecule is CNC1C(CO)CC(OC2C(CO)CC(OC)OC2C)OC1C. The topological polar surface area (TPSA) is 89.4 Å². The number of aliphatic hydroxyl groups is 2. The summed E-state index contributed by atoms with van der Waals surface area (Å²) in [7, 11) is 3.47. The van der Waals surface area contributed by atoms with Gasteiger partial charge in [0.15, 0.2) is 12.6 Å². The molecule has 0 saturated carbocycles. The van der Waals surface area contributed by atoms with Crippen molar-refractivity contribution in [1.82, 2.24) is 5.32 Å². The molecule has 0 bridgehead atoms. The van der Waals surface area contributed by atoms with E-state index < -0.39 is 6.29 Å². The maximum atomic E-state index is 9.67. The number of rotatable bonds is 6. The van der Waals surface area contributed by atoms with Crippen LogP contribution in [0.5, 0.6) is 0 Å². The summed E-state index contributed by atoms with van der Waals surface area (Å²) in [6.07, 6.45) is -0.0275. The van der Waals surface area contributed by atoms with Gasteiger partial charge in [-0.3, -0.25) is 0 Å². The third-order valence-electron chi connectivity index (χ3n) is 5.04. The van der Waals surface area contributed by atoms with Crippen LogP contribution in [0.1, 0.15) is 26.7 Å². The summed E-state index contributed by atoms with van der Waals surface area (Å²) in [6.45, 7) is 4.00. The maximum Gasteiger partial charge on any atom is 0.158 e. The molecule has 2 aliphatic rings. The van der Waals surface area contributed by atoms with Gasteiger partial charge in [-0.05, 0) is 20.9 Å². The third-order valence-corrected chi connectivity index (χ3v) is 5.04. The Morgan fingerprint density at radius 3 is 2.17 bits per heavy atom. The van der Waals surface area contributed by atoms with Gasteiger partial charge >= 0.3 is 0 Å². The number of nitrogens with one attached hydrogen (secondary N) is 1. The number of methoxy groups -OCH3 is 1. The molecule has 2 aliphatic heterocycles. The van der Waals surface area contributed by atoms with Crippen LogP contribution in [-0.2, 0) is 18.9 Å². The minimum Gasteiger partial charge on any atom is -0.396 e. The van der Waals surface area contributed by atoms with Crippen LogP contribution >= 0.6 is 0 Å². The molecule has 0 aromatic carbocycles. The predicted molar refractivity (Wildman–Crippen MR) is 83.8 cm³/mol. The third kappa shape index (κ3) is 4.42. The van der Waals surface area contributed by atoms with E-state index in [1.807, 2.05) is 20.9 Å². The van der Waals surface area contributed by atoms with Gasteiger partial charge in [0.1, 0.15) is 0 Å². The van der Waals surface area contributed by atoms with Crippen LogP contribution in [0.25, 0.3) is 0 Å². The second-order valence-electron chi connectivity index (χ2n) is 6.55. The first kappa shape index (κ1) is 19.1. The lowest BCUT2D eigenvalue weighted by Crippen LogP contribution is -2.55. The first-order valence-electron chi connectivity index (χ1n) is 8.42. The zero-order chi connectivity index (χ0) is 17.0. The minimum absolute atomic E-state index is 0.0169. The van der Waals surface area contributed by atoms with E-state index in [1.54, 1.807) is 7.11 Å². The lowest BCUT2D eigenvalue weighted by atomic mass is 9.89. The van der Waals surface area contributed by atoms with Crippen molar-refractivity contribution in [1.29, 1.82) is 0 Å². The molecule has 136 valence electrons. The largest absolute Gasteiger partial charge is 0.396 e. The molecule has 8 atom stereocenters. The molecule has 0 radical (unpaired) electrons. The van der Waals surface area contributed by atoms with E-state index in [0.29, 0.717) is 12.8 Å². The number of hydrogen-bond donors (Lipinski definition) is 3. The molecule has 2 rings (SSSR count). The smallest absolute Gasteiger partial charge is 0.158 e. The van der Waals surface area contributed by atoms with Gasteiger partial charge in [-0.1, -0.05) is 0 Å². The van der Waals surface area contributed by atoms with Crippen LogP contribution in [0, 0.1) is 11.8 Å². The van der Waals surface area contributed by atoms with Gasteiger partial charge in [-0.2, -0.15) is 0 Å². The van der Waals surface area contributed by atoms with Gasteiger partial charge in [-0.15, -0.1) is 0 Å². The zero-order valence-corrected chi connectivity index (χ0v) is 14.5. The first-order valence-corrected chi connectivity index (χ1v) is 8.42. The second-order valence-corrected chi connectivity index (χ2v) is 6.55. The predicted octanol–water partition coefficient (Wildman–Crippen LogP) is 0.0928. The molecule has 7 heteroatoms. The molecule has 0 aromatic heterocycles. The molecule has 7 nitrogen and oxygen atoms in total. The van der Waals surface area contributed by atoms with E-state index in [9.17, 15) is 10.2 Å². The highest BCUT2D eigenvalue weighted by Gasteiger charge is 2.42. The Balaban J connectivity index is 2.00. The highest BCUT2D eigenvalue weighted by molar-refractivity contribution is 4.88. The van der Waals surface area contributed by atoms with E-state index in [0.717, 1.165) is 0 Å². The van der Waals surface area contributed by atoms with Gasteiger partial charge in [0.2, 0.25) is 0 Å². The Bertz CT molecular complexity index is 357. The Kier molecular flexibility index (Phi) is 7.21. The van der Waals surface area contributed by atoms with E-state index in [2.05, 4.69) is 5.32 Å². The molecular weight excluding hydrogens is 302 g/mol. The zero-order valence-electron chi connectivity index (χ0n) is 14.5. The summed E-state index contributed by atoms with van der Waals surface area (Å²) in [5.74, 6) is 0.0186. The Hall–Kier alpha value is -0.280. The number of aliphatic hydroxyl groups excluding tert-OH is 2. The molecule has 2 saturated heterocycles. The molecular formula is C16H31NO6. The fraction of sp³-hybridized carbons (Fsp3) is 1.00. The van der Waals surface area contributed by atoms with Gasteiger partial charge in [0, 0.05) is 51.0 Å². The van der Waals surface area contributed by atoms with Crippen molar-refractivity contribution in [3.8, 4) is 0 Å². The molecule has 0 aliphatic carbocycles. The summed E-state index contributed by atoms with van der Waals surface area (Å²) in [5, 5.41) is 22.5. The van der Waals surface area contributed by atoms with Gasteiger partial charge in [0.05, 0.1) is 18.3 Å². The van der Waals surface area contributed by atoms with Crippen LogP contribution in [0.2, 0.25) is 0 Å². The molecule has 8 unspecified atom stereocenters. The highest BCUT2D eigenvalue weighted by Crippen LogP contribution is 2.32. The molecule has 2 fully saturated rings. The average molecular weight is 333 g/mol. The molecule has 23 heavy (non-hydrogen) atoms. The second kappa shape index (κ2) is 8.71. The van der Waals surface area contributed by atoms with Gasteiger partial charge in [0.25, 0.3) is 0 Å². The molecule has 0 spiro atoms. The van der Waals surface area contributed by atoms with Crippen LogP contribution < -0.4 is 5.32 Å². The van der Waals surface area contributed by atoms with E-state index >= 15 is 0 Å². The van der Waals surface area contributed by atoms with Crippen molar-refractivity contribution in [2.45, 2.75) is 63.6 Å². The normalized spacial score (nSPS) is 45.1. The Labute approximate surface area is 138 Å². The van der Waals surface area contributed by atoms with Crippen LogP contribution in [-0.4, -0.2) is 74.5 Å². The van der Waals surface area contributed by atoms with E-state index in [4.69, 9.17) is 18.9 Å². The fourth-order valence-electron chi connectivity index (χ4n) is 3.77. The van der Waals surface area contributed by atoms with Crippen LogP contribution in [0.15, 0.2) is 0 Å². The highest BCUT2D eigenvalue weighted by atomic mass is 16.7. The average Bonchev–Trinajstić information content (AvgIpc) is 2.55. The van der Waals surface area contributed by atoms with Crippen molar-refractivity contribution in [3.05, 3.63) is 0 Å². The molecule has 2 heterocycles. The summed E-state index contributed by atoms with van der Waals surface area (Å²) >= 11 is 0. The quantitative estimate of drug-likeness (QED) is 0.635. The summed E-state index contributed by atoms with van der Waals surface area (Å²) in [5.41, 5.74) is 0. The van der Waals surface area contributed by atoms with E-state index in [-0.39, 0.29) is 55.7 Å². The first-order chi connectivity index (χ1) is 11.0. The van der Waals surface area contributed by atoms with Crippen molar-refractivity contribution < 1.29 is 29.2 Å². The Morgan fingerprint density at radius 1 is 1.00 bits per heavy atom. The summed E-state index contributed by atoms with van der Waals surface area (Å²) < 4.78 is 23.1. The lowest BCUT2D eigenvalue weighted by Gasteiger charge is -2.44. The minimum atomic E-state index is -0.407. The summed E-state index contributed by atoms with van der Waals surface area (Å²) in [4.78, 5) is 0. The summed E-state index contributed by atoms with van der Waals surface area (Å²) in [6, 6.07) is 0.103. The molecule has 0 aromatic rings. The standard InChI is InChI=1S/C16H31NO6/c1-9-15(17-3)11(7-18)5-14(21-9)23-16-10(2)22-13(20-4)6-12(16)8-19/h9-19H,5-8H2,1-4H3.